The molecular formula is C56H103NO3. The third-order valence-corrected chi connectivity index (χ3v) is 16.9. The van der Waals surface area contributed by atoms with Crippen LogP contribution in [0.15, 0.2) is 23.8 Å². The quantitative estimate of drug-likeness (QED) is 0.0477. The van der Waals surface area contributed by atoms with Crippen molar-refractivity contribution in [2.75, 3.05) is 47.1 Å². The van der Waals surface area contributed by atoms with Gasteiger partial charge in [0.1, 0.15) is 0 Å². The van der Waals surface area contributed by atoms with Crippen molar-refractivity contribution in [2.45, 2.75) is 240 Å². The lowest BCUT2D eigenvalue weighted by Gasteiger charge is -2.58. The van der Waals surface area contributed by atoms with E-state index in [2.05, 4.69) is 78.8 Å². The van der Waals surface area contributed by atoms with Gasteiger partial charge in [-0.1, -0.05) is 155 Å². The molecule has 4 nitrogen and oxygen atoms in total. The highest BCUT2D eigenvalue weighted by atomic mass is 16.5. The second-order valence-electron chi connectivity index (χ2n) is 22.1. The summed E-state index contributed by atoms with van der Waals surface area (Å²) in [6, 6.07) is 0.335. The molecule has 0 amide bonds. The molecule has 350 valence electrons. The first-order valence-corrected chi connectivity index (χ1v) is 26.9. The largest absolute Gasteiger partial charge is 0.380 e. The topological polar surface area (TPSA) is 30.9 Å². The molecule has 0 radical (unpaired) electrons. The van der Waals surface area contributed by atoms with E-state index in [9.17, 15) is 0 Å². The summed E-state index contributed by atoms with van der Waals surface area (Å²) in [5, 5.41) is 0. The van der Waals surface area contributed by atoms with Crippen molar-refractivity contribution in [1.82, 2.24) is 4.90 Å². The molecule has 0 aromatic heterocycles. The number of ether oxygens (including phenoxy) is 3. The molecule has 60 heavy (non-hydrogen) atoms. The molecule has 3 fully saturated rings. The van der Waals surface area contributed by atoms with E-state index in [1.807, 2.05) is 0 Å². The van der Waals surface area contributed by atoms with Gasteiger partial charge in [-0.15, -0.1) is 0 Å². The molecule has 4 aliphatic rings. The molecule has 0 aromatic carbocycles. The third kappa shape index (κ3) is 17.0. The predicted molar refractivity (Wildman–Crippen MR) is 260 cm³/mol. The normalized spacial score (nSPS) is 28.9. The molecule has 0 aliphatic heterocycles. The Morgan fingerprint density at radius 1 is 0.667 bits per heavy atom. The summed E-state index contributed by atoms with van der Waals surface area (Å²) in [6.45, 7) is 19.3. The van der Waals surface area contributed by atoms with Gasteiger partial charge in [0.05, 0.1) is 25.4 Å². The molecule has 3 unspecified atom stereocenters. The van der Waals surface area contributed by atoms with E-state index in [4.69, 9.17) is 14.2 Å². The Morgan fingerprint density at radius 2 is 1.27 bits per heavy atom. The summed E-state index contributed by atoms with van der Waals surface area (Å²) in [4.78, 5) is 2.26. The first-order chi connectivity index (χ1) is 29.1. The first kappa shape index (κ1) is 51.9. The minimum atomic E-state index is 0.335. The van der Waals surface area contributed by atoms with Gasteiger partial charge in [-0.3, -0.25) is 0 Å². The van der Waals surface area contributed by atoms with Crippen molar-refractivity contribution in [1.29, 1.82) is 0 Å². The van der Waals surface area contributed by atoms with Crippen LogP contribution in [-0.4, -0.2) is 64.2 Å². The zero-order valence-corrected chi connectivity index (χ0v) is 41.6. The highest BCUT2D eigenvalue weighted by Gasteiger charge is 2.59. The van der Waals surface area contributed by atoms with E-state index in [0.29, 0.717) is 23.0 Å². The number of likely N-dealkylation sites (N-methyl/N-ethyl adjacent to an activating group) is 1. The van der Waals surface area contributed by atoms with E-state index < -0.39 is 0 Å². The first-order valence-electron chi connectivity index (χ1n) is 26.9. The van der Waals surface area contributed by atoms with Crippen molar-refractivity contribution >= 4 is 0 Å². The van der Waals surface area contributed by atoms with E-state index in [1.165, 1.54) is 180 Å². The molecule has 9 atom stereocenters. The lowest BCUT2D eigenvalue weighted by molar-refractivity contribution is -0.0641. The molecule has 4 aliphatic carbocycles. The molecule has 4 heteroatoms. The van der Waals surface area contributed by atoms with E-state index >= 15 is 0 Å². The van der Waals surface area contributed by atoms with Crippen molar-refractivity contribution in [2.24, 2.45) is 46.3 Å². The number of allylic oxidation sites excluding steroid dienone is 3. The Bertz CT molecular complexity index is 1160. The van der Waals surface area contributed by atoms with Crippen LogP contribution in [0.25, 0.3) is 0 Å². The number of nitrogens with zero attached hydrogens (tertiary/aromatic N) is 1. The zero-order valence-electron chi connectivity index (χ0n) is 41.6. The fraction of sp³-hybridized carbons (Fsp3) is 0.929. The van der Waals surface area contributed by atoms with Gasteiger partial charge in [-0.2, -0.15) is 0 Å². The maximum atomic E-state index is 6.59. The summed E-state index contributed by atoms with van der Waals surface area (Å²) < 4.78 is 18.8. The van der Waals surface area contributed by atoms with Gasteiger partial charge < -0.3 is 19.1 Å². The van der Waals surface area contributed by atoms with Crippen molar-refractivity contribution in [3.05, 3.63) is 23.8 Å². The SMILES string of the molecule is CCCCCCCC/C=C\CCCCCCCCOC[C@H](COCCCCCCO[C@H]1CC[C@@]2(C)C(=CCC3C2CC[C@@]2(C)C3CC[C@@H]2[C@H](C)CCCC(C)C)C1)N(C)C. The third-order valence-electron chi connectivity index (χ3n) is 16.9. The summed E-state index contributed by atoms with van der Waals surface area (Å²) in [6.07, 6.45) is 47.0. The molecule has 0 bridgehead atoms. The Hall–Kier alpha value is -0.680. The van der Waals surface area contributed by atoms with E-state index in [-0.39, 0.29) is 0 Å². The van der Waals surface area contributed by atoms with Crippen LogP contribution in [0, 0.1) is 46.3 Å². The highest BCUT2D eigenvalue weighted by molar-refractivity contribution is 5.25. The molecule has 0 spiro atoms. The van der Waals surface area contributed by atoms with Crippen molar-refractivity contribution < 1.29 is 14.2 Å². The van der Waals surface area contributed by atoms with Crippen molar-refractivity contribution in [3.63, 3.8) is 0 Å². The minimum Gasteiger partial charge on any atom is -0.380 e. The average molecular weight is 838 g/mol. The van der Waals surface area contributed by atoms with Crippen LogP contribution < -0.4 is 0 Å². The highest BCUT2D eigenvalue weighted by Crippen LogP contribution is 2.67. The fourth-order valence-corrected chi connectivity index (χ4v) is 12.9. The van der Waals surface area contributed by atoms with Gasteiger partial charge in [0.2, 0.25) is 0 Å². The number of fused-ring (bicyclic) bond motifs is 5. The summed E-state index contributed by atoms with van der Waals surface area (Å²) >= 11 is 0. The average Bonchev–Trinajstić information content (AvgIpc) is 3.59. The number of hydrogen-bond acceptors (Lipinski definition) is 4. The number of hydrogen-bond donors (Lipinski definition) is 0. The van der Waals surface area contributed by atoms with Gasteiger partial charge in [0.15, 0.2) is 0 Å². The minimum absolute atomic E-state index is 0.335. The smallest absolute Gasteiger partial charge is 0.0644 e. The number of unbranched alkanes of at least 4 members (excludes halogenated alkanes) is 15. The Kier molecular flexibility index (Phi) is 25.1. The lowest BCUT2D eigenvalue weighted by Crippen LogP contribution is -2.51. The second kappa shape index (κ2) is 29.0. The monoisotopic (exact) mass is 838 g/mol. The second-order valence-corrected chi connectivity index (χ2v) is 22.1. The molecule has 0 heterocycles. The summed E-state index contributed by atoms with van der Waals surface area (Å²) in [5.41, 5.74) is 2.78. The molecule has 3 saturated carbocycles. The zero-order chi connectivity index (χ0) is 43.1. The number of rotatable bonds is 34. The van der Waals surface area contributed by atoms with E-state index in [0.717, 1.165) is 75.0 Å². The van der Waals surface area contributed by atoms with Crippen LogP contribution in [0.1, 0.15) is 228 Å². The Balaban J connectivity index is 0.976. The summed E-state index contributed by atoms with van der Waals surface area (Å²) in [7, 11) is 4.31. The summed E-state index contributed by atoms with van der Waals surface area (Å²) in [5.74, 6) is 5.48. The maximum absolute atomic E-state index is 6.59. The van der Waals surface area contributed by atoms with E-state index in [1.54, 1.807) is 5.57 Å². The van der Waals surface area contributed by atoms with Crippen LogP contribution >= 0.6 is 0 Å². The molecule has 0 saturated heterocycles. The molecule has 0 N–H and O–H groups in total. The molecular weight excluding hydrogens is 735 g/mol. The fourth-order valence-electron chi connectivity index (χ4n) is 12.9. The Morgan fingerprint density at radius 3 is 1.88 bits per heavy atom. The van der Waals surface area contributed by atoms with Gasteiger partial charge >= 0.3 is 0 Å². The van der Waals surface area contributed by atoms with Crippen molar-refractivity contribution in [3.8, 4) is 0 Å². The molecule has 0 aromatic rings. The van der Waals surface area contributed by atoms with Gasteiger partial charge in [-0.05, 0) is 157 Å². The lowest BCUT2D eigenvalue weighted by atomic mass is 9.47. The van der Waals surface area contributed by atoms with Gasteiger partial charge in [-0.25, -0.2) is 0 Å². The van der Waals surface area contributed by atoms with Crippen LogP contribution in [0.5, 0.6) is 0 Å². The molecule has 4 rings (SSSR count). The standard InChI is InChI=1S/C56H103NO3/c1-9-10-11-12-13-14-15-16-17-18-19-20-21-22-23-26-40-58-44-49(57(7)8)45-59-41-27-24-25-28-42-60-50-36-38-55(5)48(43-50)32-33-51-53-35-34-52(47(4)31-29-30-46(2)3)56(53,6)39-37-54(51)55/h16-17,32,46-47,49-54H,9-15,18-31,33-45H2,1-8H3/b17-16-/t47-,49-,50+,51?,52-,53?,54?,55+,56-/m1/s1. The van der Waals surface area contributed by atoms with Gasteiger partial charge in [0, 0.05) is 19.8 Å². The predicted octanol–water partition coefficient (Wildman–Crippen LogP) is 16.0. The van der Waals surface area contributed by atoms with Crippen LogP contribution in [0.4, 0.5) is 0 Å². The van der Waals surface area contributed by atoms with Gasteiger partial charge in [0.25, 0.3) is 0 Å². The van der Waals surface area contributed by atoms with Crippen LogP contribution in [0.3, 0.4) is 0 Å². The Labute approximate surface area is 375 Å². The van der Waals surface area contributed by atoms with Crippen LogP contribution in [-0.2, 0) is 14.2 Å². The maximum Gasteiger partial charge on any atom is 0.0644 e. The van der Waals surface area contributed by atoms with Crippen LogP contribution in [0.2, 0.25) is 0 Å².